The van der Waals surface area contributed by atoms with Crippen molar-refractivity contribution in [1.82, 2.24) is 0 Å². The zero-order chi connectivity index (χ0) is 6.69. The van der Waals surface area contributed by atoms with Gasteiger partial charge >= 0.3 is 0 Å². The fourth-order valence-electron chi connectivity index (χ4n) is 1.25. The first-order chi connectivity index (χ1) is 4.33. The van der Waals surface area contributed by atoms with Crippen molar-refractivity contribution in [3.63, 3.8) is 0 Å². The summed E-state index contributed by atoms with van der Waals surface area (Å²) in [4.78, 5) is 0. The van der Waals surface area contributed by atoms with Crippen LogP contribution in [0.3, 0.4) is 0 Å². The second-order valence-electron chi connectivity index (χ2n) is 2.70. The Kier molecular flexibility index (Phi) is 2.86. The molecular formula is C7H14OS. The fourth-order valence-corrected chi connectivity index (χ4v) is 2.65. The van der Waals surface area contributed by atoms with Gasteiger partial charge in [-0.05, 0) is 18.8 Å². The first-order valence-electron chi connectivity index (χ1n) is 3.68. The smallest absolute Gasteiger partial charge is 0.105 e. The van der Waals surface area contributed by atoms with E-state index in [9.17, 15) is 4.55 Å². The molecule has 1 nitrogen and oxygen atoms in total. The molecule has 1 fully saturated rings. The van der Waals surface area contributed by atoms with Gasteiger partial charge in [-0.15, -0.1) is 0 Å². The molecule has 1 aliphatic heterocycles. The predicted molar refractivity (Wildman–Crippen MR) is 40.9 cm³/mol. The maximum atomic E-state index is 10.8. The average molecular weight is 146 g/mol. The Bertz CT molecular complexity index is 77.0. The second kappa shape index (κ2) is 3.47. The van der Waals surface area contributed by atoms with Gasteiger partial charge in [0.15, 0.2) is 0 Å². The van der Waals surface area contributed by atoms with E-state index in [0.29, 0.717) is 0 Å². The molecule has 1 saturated heterocycles. The maximum absolute atomic E-state index is 10.8. The van der Waals surface area contributed by atoms with Gasteiger partial charge in [-0.1, -0.05) is 24.5 Å². The van der Waals surface area contributed by atoms with Crippen LogP contribution in [-0.2, 0) is 11.2 Å². The van der Waals surface area contributed by atoms with Gasteiger partial charge in [-0.3, -0.25) is 0 Å². The highest BCUT2D eigenvalue weighted by molar-refractivity contribution is 7.91. The summed E-state index contributed by atoms with van der Waals surface area (Å²) in [5.74, 6) is 2.79. The Hall–Kier alpha value is 0.310. The van der Waals surface area contributed by atoms with Crippen molar-refractivity contribution in [2.45, 2.75) is 26.2 Å². The van der Waals surface area contributed by atoms with E-state index in [1.165, 1.54) is 19.3 Å². The van der Waals surface area contributed by atoms with Gasteiger partial charge in [0.05, 0.1) is 0 Å². The van der Waals surface area contributed by atoms with Crippen LogP contribution in [0.5, 0.6) is 0 Å². The Morgan fingerprint density at radius 1 is 1.44 bits per heavy atom. The molecule has 1 rings (SSSR count). The summed E-state index contributed by atoms with van der Waals surface area (Å²) in [5, 5.41) is 0. The molecule has 0 N–H and O–H groups in total. The standard InChI is InChI=1S/C7H14OS/c1-2-7-3-5-9(8)6-4-7/h7H,2-6H2,1H3. The first-order valence-corrected chi connectivity index (χ1v) is 5.16. The molecule has 0 unspecified atom stereocenters. The summed E-state index contributed by atoms with van der Waals surface area (Å²) in [7, 11) is 0. The lowest BCUT2D eigenvalue weighted by molar-refractivity contribution is 0.452. The van der Waals surface area contributed by atoms with Crippen LogP contribution in [0, 0.1) is 5.92 Å². The summed E-state index contributed by atoms with van der Waals surface area (Å²) in [6, 6.07) is 0. The molecule has 2 heteroatoms. The minimum absolute atomic E-state index is 0.463. The minimum atomic E-state index is -0.463. The Labute approximate surface area is 60.0 Å². The van der Waals surface area contributed by atoms with Crippen LogP contribution in [0.1, 0.15) is 26.2 Å². The lowest BCUT2D eigenvalue weighted by Crippen LogP contribution is -2.22. The molecule has 0 atom stereocenters. The molecule has 9 heavy (non-hydrogen) atoms. The number of hydrogen-bond acceptors (Lipinski definition) is 1. The summed E-state index contributed by atoms with van der Waals surface area (Å²) in [6.45, 7) is 2.22. The maximum Gasteiger partial charge on any atom is 0.105 e. The highest BCUT2D eigenvalue weighted by atomic mass is 32.2. The van der Waals surface area contributed by atoms with E-state index >= 15 is 0 Å². The zero-order valence-corrected chi connectivity index (χ0v) is 6.75. The van der Waals surface area contributed by atoms with Crippen LogP contribution >= 0.6 is 0 Å². The van der Waals surface area contributed by atoms with Gasteiger partial charge in [0.2, 0.25) is 0 Å². The van der Waals surface area contributed by atoms with E-state index in [4.69, 9.17) is 0 Å². The van der Waals surface area contributed by atoms with E-state index in [2.05, 4.69) is 6.92 Å². The predicted octanol–water partition coefficient (Wildman–Crippen LogP) is 1.56. The molecule has 0 amide bonds. The Balaban J connectivity index is 2.18. The van der Waals surface area contributed by atoms with Crippen molar-refractivity contribution in [1.29, 1.82) is 0 Å². The molecule has 0 saturated carbocycles. The van der Waals surface area contributed by atoms with Crippen molar-refractivity contribution in [3.8, 4) is 0 Å². The van der Waals surface area contributed by atoms with Crippen molar-refractivity contribution in [2.75, 3.05) is 11.5 Å². The van der Waals surface area contributed by atoms with Crippen LogP contribution < -0.4 is 0 Å². The van der Waals surface area contributed by atoms with Crippen molar-refractivity contribution in [2.24, 2.45) is 5.92 Å². The molecule has 1 aliphatic rings. The Morgan fingerprint density at radius 2 is 2.00 bits per heavy atom. The molecule has 0 aliphatic carbocycles. The van der Waals surface area contributed by atoms with Crippen molar-refractivity contribution < 1.29 is 4.55 Å². The molecule has 0 aromatic rings. The molecule has 0 radical (unpaired) electrons. The van der Waals surface area contributed by atoms with E-state index in [-0.39, 0.29) is 0 Å². The Morgan fingerprint density at radius 3 is 2.44 bits per heavy atom. The van der Waals surface area contributed by atoms with Gasteiger partial charge in [0, 0.05) is 0 Å². The van der Waals surface area contributed by atoms with Crippen molar-refractivity contribution in [3.05, 3.63) is 0 Å². The lowest BCUT2D eigenvalue weighted by atomic mass is 10.0. The number of rotatable bonds is 1. The van der Waals surface area contributed by atoms with Crippen LogP contribution in [-0.4, -0.2) is 16.1 Å². The van der Waals surface area contributed by atoms with Gasteiger partial charge in [0.1, 0.15) is 11.5 Å². The topological polar surface area (TPSA) is 23.1 Å². The minimum Gasteiger partial charge on any atom is -0.616 e. The van der Waals surface area contributed by atoms with Gasteiger partial charge < -0.3 is 4.55 Å². The zero-order valence-electron chi connectivity index (χ0n) is 5.93. The molecule has 0 aromatic heterocycles. The third-order valence-electron chi connectivity index (χ3n) is 2.08. The van der Waals surface area contributed by atoms with E-state index in [1.807, 2.05) is 0 Å². The van der Waals surface area contributed by atoms with E-state index in [0.717, 1.165) is 17.4 Å². The molecule has 0 bridgehead atoms. The first kappa shape index (κ1) is 7.42. The summed E-state index contributed by atoms with van der Waals surface area (Å²) in [5.41, 5.74) is 0. The summed E-state index contributed by atoms with van der Waals surface area (Å²) in [6.07, 6.45) is 3.67. The van der Waals surface area contributed by atoms with Gasteiger partial charge in [0.25, 0.3) is 0 Å². The lowest BCUT2D eigenvalue weighted by Gasteiger charge is -2.22. The molecule has 0 spiro atoms. The molecule has 54 valence electrons. The third kappa shape index (κ3) is 2.18. The van der Waals surface area contributed by atoms with Gasteiger partial charge in [-0.25, -0.2) is 0 Å². The summed E-state index contributed by atoms with van der Waals surface area (Å²) < 4.78 is 10.8. The molecule has 1 heterocycles. The van der Waals surface area contributed by atoms with E-state index < -0.39 is 11.2 Å². The monoisotopic (exact) mass is 146 g/mol. The molecule has 0 aromatic carbocycles. The normalized spacial score (nSPS) is 36.7. The summed E-state index contributed by atoms with van der Waals surface area (Å²) >= 11 is -0.463. The average Bonchev–Trinajstić information content (AvgIpc) is 1.90. The fraction of sp³-hybridized carbons (Fsp3) is 1.00. The highest BCUT2D eigenvalue weighted by Crippen LogP contribution is 2.20. The van der Waals surface area contributed by atoms with E-state index in [1.54, 1.807) is 0 Å². The van der Waals surface area contributed by atoms with Crippen LogP contribution in [0.25, 0.3) is 0 Å². The largest absolute Gasteiger partial charge is 0.616 e. The van der Waals surface area contributed by atoms with Crippen LogP contribution in [0.15, 0.2) is 0 Å². The third-order valence-corrected chi connectivity index (χ3v) is 3.47. The van der Waals surface area contributed by atoms with Crippen LogP contribution in [0.2, 0.25) is 0 Å². The van der Waals surface area contributed by atoms with Crippen molar-refractivity contribution >= 4 is 11.2 Å². The molecular weight excluding hydrogens is 132 g/mol. The van der Waals surface area contributed by atoms with Gasteiger partial charge in [-0.2, -0.15) is 0 Å². The second-order valence-corrected chi connectivity index (χ2v) is 4.40. The SMILES string of the molecule is CCC1CC[S+]([O-])CC1. The quantitative estimate of drug-likeness (QED) is 0.515. The van der Waals surface area contributed by atoms with Crippen LogP contribution in [0.4, 0.5) is 0 Å². The number of hydrogen-bond donors (Lipinski definition) is 0. The highest BCUT2D eigenvalue weighted by Gasteiger charge is 2.19.